The summed E-state index contributed by atoms with van der Waals surface area (Å²) >= 11 is 12.6. The van der Waals surface area contributed by atoms with Crippen molar-refractivity contribution in [2.24, 2.45) is 10.4 Å². The Bertz CT molecular complexity index is 3410. The molecule has 2 aromatic heterocycles. The molecule has 0 spiro atoms. The number of urea groups is 1. The Morgan fingerprint density at radius 3 is 2.11 bits per heavy atom. The zero-order chi connectivity index (χ0) is 62.7. The van der Waals surface area contributed by atoms with E-state index in [-0.39, 0.29) is 51.5 Å². The zero-order valence-corrected chi connectivity index (χ0v) is 48.6. The first-order chi connectivity index (χ1) is 38.6. The topological polar surface area (TPSA) is 373 Å². The molecule has 2 aliphatic rings. The second-order valence-corrected chi connectivity index (χ2v) is 24.5. The Hall–Kier alpha value is -7.35. The summed E-state index contributed by atoms with van der Waals surface area (Å²) in [6.07, 6.45) is 12.1. The van der Waals surface area contributed by atoms with Crippen molar-refractivity contribution in [3.63, 3.8) is 0 Å². The lowest BCUT2D eigenvalue weighted by Gasteiger charge is -2.28. The van der Waals surface area contributed by atoms with E-state index < -0.39 is 102 Å². The molecular weight excluding hydrogens is 1240 g/mol. The predicted molar refractivity (Wildman–Crippen MR) is 289 cm³/mol. The number of carbonyl (C=O) groups is 5. The van der Waals surface area contributed by atoms with Gasteiger partial charge in [0.1, 0.15) is 35.3 Å². The Balaban J connectivity index is 0.000000306. The molecule has 1 atom stereocenters. The summed E-state index contributed by atoms with van der Waals surface area (Å²) < 4.78 is 124. The molecule has 0 saturated carbocycles. The lowest BCUT2D eigenvalue weighted by molar-refractivity contribution is -0.193. The number of carboxylic acid groups (broad SMARTS) is 3. The van der Waals surface area contributed by atoms with E-state index >= 15 is 0 Å². The number of carbonyl (C=O) groups excluding carboxylic acids is 2. The van der Waals surface area contributed by atoms with Crippen molar-refractivity contribution >= 4 is 110 Å². The van der Waals surface area contributed by atoms with Crippen LogP contribution in [0.5, 0.6) is 23.3 Å². The van der Waals surface area contributed by atoms with Crippen LogP contribution in [0.25, 0.3) is 0 Å². The van der Waals surface area contributed by atoms with Crippen molar-refractivity contribution in [3.8, 4) is 35.6 Å². The fourth-order valence-corrected chi connectivity index (χ4v) is 9.15. The zero-order valence-electron chi connectivity index (χ0n) is 43.8. The van der Waals surface area contributed by atoms with Gasteiger partial charge in [-0.3, -0.25) is 25.1 Å². The minimum Gasteiger partial charge on any atom is -0.778 e. The van der Waals surface area contributed by atoms with E-state index in [2.05, 4.69) is 67.3 Å². The predicted octanol–water partition coefficient (Wildman–Crippen LogP) is 5.50. The molecule has 83 heavy (non-hydrogen) atoms. The third kappa shape index (κ3) is 22.7. The number of methoxy groups -OCH3 is 1. The van der Waals surface area contributed by atoms with Crippen LogP contribution in [0.1, 0.15) is 40.4 Å². The Morgan fingerprint density at radius 1 is 1.00 bits per heavy atom. The number of aromatic nitrogens is 4. The number of anilines is 2. The molecule has 2 aliphatic heterocycles. The molecule has 0 fully saturated rings. The van der Waals surface area contributed by atoms with E-state index in [0.29, 0.717) is 33.2 Å². The summed E-state index contributed by atoms with van der Waals surface area (Å²) in [5.74, 6) is -3.78. The van der Waals surface area contributed by atoms with Crippen molar-refractivity contribution in [1.82, 2.24) is 28.9 Å². The average molecular weight is 1290 g/mol. The first-order valence-corrected chi connectivity index (χ1v) is 29.8. The number of alkyl halides is 4. The average Bonchev–Trinajstić information content (AvgIpc) is 3.94. The van der Waals surface area contributed by atoms with Crippen LogP contribution in [0.2, 0.25) is 10.0 Å². The molecule has 37 heteroatoms. The van der Waals surface area contributed by atoms with Crippen molar-refractivity contribution in [2.45, 2.75) is 44.9 Å². The van der Waals surface area contributed by atoms with Gasteiger partial charge in [0.2, 0.25) is 22.5 Å². The van der Waals surface area contributed by atoms with Crippen LogP contribution in [0, 0.1) is 23.6 Å². The number of aliphatic carboxylic acids is 1. The number of carboxylic acids is 3. The van der Waals surface area contributed by atoms with Crippen LogP contribution in [0.3, 0.4) is 0 Å². The van der Waals surface area contributed by atoms with Gasteiger partial charge >= 0.3 is 37.2 Å². The van der Waals surface area contributed by atoms with Gasteiger partial charge in [0.25, 0.3) is 15.9 Å². The molecule has 4 heterocycles. The number of halogens is 7. The van der Waals surface area contributed by atoms with Crippen molar-refractivity contribution < 1.29 is 103 Å². The van der Waals surface area contributed by atoms with Gasteiger partial charge in [-0.15, -0.1) is 6.42 Å². The van der Waals surface area contributed by atoms with Gasteiger partial charge in [0, 0.05) is 30.6 Å². The molecule has 0 saturated heterocycles. The highest BCUT2D eigenvalue weighted by Gasteiger charge is 2.32. The van der Waals surface area contributed by atoms with Crippen molar-refractivity contribution in [2.75, 3.05) is 62.1 Å². The summed E-state index contributed by atoms with van der Waals surface area (Å²) in [4.78, 5) is 85.9. The lowest BCUT2D eigenvalue weighted by atomic mass is 9.92. The molecule has 26 nitrogen and oxygen atoms in total. The van der Waals surface area contributed by atoms with Gasteiger partial charge in [-0.2, -0.15) is 31.9 Å². The highest BCUT2D eigenvalue weighted by molar-refractivity contribution is 7.94. The number of aromatic carboxylic acids is 2. The molecular formula is C46H49Cl2F5N9O17PS3. The van der Waals surface area contributed by atoms with Crippen LogP contribution < -0.4 is 48.9 Å². The maximum atomic E-state index is 14.5. The molecule has 452 valence electrons. The highest BCUT2D eigenvalue weighted by Crippen LogP contribution is 2.38. The minimum atomic E-state index is -4.71. The normalized spacial score (nSPS) is 13.7. The number of rotatable bonds is 16. The molecule has 1 unspecified atom stereocenters. The van der Waals surface area contributed by atoms with Gasteiger partial charge in [-0.1, -0.05) is 55.1 Å². The van der Waals surface area contributed by atoms with Crippen LogP contribution >= 0.6 is 42.3 Å². The SMILES string of the molecule is C#CCN1C(=O)COc2cc(F)c(/N=c3\snc4n3CC(C)(C)C4)cc21.COc1c(Cl)ccc(Cl)c1C(=O)O.C[S+](C)C.O=C(Nc1nc(OC(F)F)cc(OC(F)F)n1)NS(=O)(=O)c1ccccc1C(=O)O.O=C(O)CNCP(=O)([O-])O. The van der Waals surface area contributed by atoms with Gasteiger partial charge < -0.3 is 53.2 Å². The highest BCUT2D eigenvalue weighted by atomic mass is 35.5. The molecule has 7 N–H and O–H groups in total. The number of amides is 3. The number of hydrogen-bond acceptors (Lipinski definition) is 19. The van der Waals surface area contributed by atoms with Crippen LogP contribution in [-0.2, 0) is 48.0 Å². The third-order valence-corrected chi connectivity index (χ3v) is 12.9. The second-order valence-electron chi connectivity index (χ2n) is 17.2. The monoisotopic (exact) mass is 1290 g/mol. The number of fused-ring (bicyclic) bond motifs is 2. The lowest BCUT2D eigenvalue weighted by Crippen LogP contribution is -2.39. The molecule has 7 rings (SSSR count). The van der Waals surface area contributed by atoms with Crippen LogP contribution in [0.15, 0.2) is 64.5 Å². The summed E-state index contributed by atoms with van der Waals surface area (Å²) in [6, 6.07) is 8.87. The maximum Gasteiger partial charge on any atom is 0.388 e. The number of nitrogens with zero attached hydrogens (tertiary/aromatic N) is 6. The number of hydrogen-bond donors (Lipinski definition) is 7. The first-order valence-electron chi connectivity index (χ1n) is 22.5. The smallest absolute Gasteiger partial charge is 0.388 e. The molecule has 0 radical (unpaired) electrons. The summed E-state index contributed by atoms with van der Waals surface area (Å²) in [5, 5.41) is 29.8. The quantitative estimate of drug-likeness (QED) is 0.0277. The Kier molecular flexibility index (Phi) is 26.4. The fraction of sp³-hybridized carbons (Fsp3) is 0.326. The molecule has 0 bridgehead atoms. The number of benzene rings is 3. The molecule has 5 aromatic rings. The Morgan fingerprint density at radius 2 is 1.59 bits per heavy atom. The van der Waals surface area contributed by atoms with Gasteiger partial charge in [-0.05, 0) is 46.6 Å². The van der Waals surface area contributed by atoms with Gasteiger partial charge in [0.15, 0.2) is 18.2 Å². The molecule has 3 aromatic carbocycles. The Labute approximate surface area is 485 Å². The van der Waals surface area contributed by atoms with E-state index in [9.17, 15) is 63.8 Å². The van der Waals surface area contributed by atoms with E-state index in [1.54, 1.807) is 5.32 Å². The van der Waals surface area contributed by atoms with Crippen molar-refractivity contribution in [3.05, 3.63) is 92.2 Å². The number of ether oxygens (including phenoxy) is 4. The summed E-state index contributed by atoms with van der Waals surface area (Å²) in [5.41, 5.74) is -0.0806. The summed E-state index contributed by atoms with van der Waals surface area (Å²) in [6.45, 7) is -2.24. The first kappa shape index (κ1) is 69.9. The minimum absolute atomic E-state index is 0.0849. The largest absolute Gasteiger partial charge is 0.778 e. The van der Waals surface area contributed by atoms with Gasteiger partial charge in [-0.25, -0.2) is 36.9 Å². The van der Waals surface area contributed by atoms with Gasteiger partial charge in [0.05, 0.1) is 72.6 Å². The van der Waals surface area contributed by atoms with Crippen LogP contribution in [-0.4, -0.2) is 142 Å². The van der Waals surface area contributed by atoms with E-state index in [1.165, 1.54) is 64.7 Å². The van der Waals surface area contributed by atoms with E-state index in [4.69, 9.17) is 59.3 Å². The number of terminal acetylenes is 1. The van der Waals surface area contributed by atoms with Crippen LogP contribution in [0.4, 0.5) is 44.1 Å². The maximum absolute atomic E-state index is 14.5. The van der Waals surface area contributed by atoms with E-state index in [0.717, 1.165) is 30.9 Å². The fourth-order valence-electron chi connectivity index (χ4n) is 6.43. The second kappa shape index (κ2) is 31.3. The summed E-state index contributed by atoms with van der Waals surface area (Å²) in [7, 11) is -7.08. The van der Waals surface area contributed by atoms with E-state index in [1.807, 2.05) is 9.88 Å². The molecule has 3 amide bonds. The molecule has 0 aliphatic carbocycles. The third-order valence-electron chi connectivity index (χ3n) is 9.46. The number of sulfonamides is 1. The standard InChI is InChI=1S/C18H17FN4O2S.C14H10F4N4O7S.C8H6Cl2O3.C3H8NO5P.C3H9S/c1-4-5-22-13-7-12(11(19)6-14(13)25-9-16(22)24)20-17-23-10-18(2,3)8-15(23)21-26-17;15-11(16)28-8-5-9(29-12(17)18)20-13(19-8)21-14(25)22-30(26,27)7-4-2-1-3-6(7)10(23)24;1-13-7-5(10)3-2-4(9)6(7)8(11)12;5-3(6)1-4-2-10(7,8)9;1-4(2)3/h1,6-7H,5,8-10H2,2-3H3;1-5,11-12H,(H,23,24)(H2,19,20,21,22,25);2-3H,1H3,(H,11,12);4H,1-2H2,(H,5,6)(H2,7,8,9);1-3H3/q;;;;+1/p-1/b20-17-;;;;. The van der Waals surface area contributed by atoms with Crippen molar-refractivity contribution in [1.29, 1.82) is 0 Å². The number of nitrogens with one attached hydrogen (secondary N) is 3.